The van der Waals surface area contributed by atoms with Crippen LogP contribution < -0.4 is 4.72 Å². The second kappa shape index (κ2) is 4.89. The van der Waals surface area contributed by atoms with Crippen LogP contribution in [0.2, 0.25) is 0 Å². The van der Waals surface area contributed by atoms with Gasteiger partial charge in [0.15, 0.2) is 5.25 Å². The number of hydrogen-bond donors (Lipinski definition) is 2. The fourth-order valence-corrected chi connectivity index (χ4v) is 2.62. The largest absolute Gasteiger partial charge is 0.480 e. The fraction of sp³-hybridized carbons (Fsp3) is 0.154. The zero-order valence-electron chi connectivity index (χ0n) is 10.2. The molecule has 0 aliphatic heterocycles. The molecule has 0 aliphatic rings. The van der Waals surface area contributed by atoms with E-state index in [0.717, 1.165) is 17.7 Å². The number of benzene rings is 2. The highest BCUT2D eigenvalue weighted by Crippen LogP contribution is 2.24. The van der Waals surface area contributed by atoms with Crippen LogP contribution in [-0.2, 0) is 14.8 Å². The lowest BCUT2D eigenvalue weighted by atomic mass is 10.1. The van der Waals surface area contributed by atoms with Gasteiger partial charge in [0.25, 0.3) is 0 Å². The van der Waals surface area contributed by atoms with E-state index in [-0.39, 0.29) is 0 Å². The molecule has 0 aromatic heterocycles. The van der Waals surface area contributed by atoms with Gasteiger partial charge in [0.1, 0.15) is 0 Å². The van der Waals surface area contributed by atoms with Crippen LogP contribution in [0.3, 0.4) is 0 Å². The molecule has 2 aromatic carbocycles. The summed E-state index contributed by atoms with van der Waals surface area (Å²) < 4.78 is 26.1. The summed E-state index contributed by atoms with van der Waals surface area (Å²) in [6.07, 6.45) is 0. The third-order valence-electron chi connectivity index (χ3n) is 2.86. The maximum Gasteiger partial charge on any atom is 0.323 e. The molecule has 0 aliphatic carbocycles. The van der Waals surface area contributed by atoms with Gasteiger partial charge in [-0.1, -0.05) is 36.4 Å². The minimum absolute atomic E-state index is 0.381. The number of carbonyl (C=O) groups is 1. The summed E-state index contributed by atoms with van der Waals surface area (Å²) in [5.74, 6) is -1.38. The lowest BCUT2D eigenvalue weighted by Crippen LogP contribution is -2.32. The number of carboxylic acid groups (broad SMARTS) is 1. The molecule has 19 heavy (non-hydrogen) atoms. The molecule has 6 heteroatoms. The van der Waals surface area contributed by atoms with Crippen molar-refractivity contribution in [2.24, 2.45) is 0 Å². The van der Waals surface area contributed by atoms with E-state index in [1.807, 2.05) is 18.2 Å². The van der Waals surface area contributed by atoms with Crippen molar-refractivity contribution in [1.29, 1.82) is 0 Å². The number of fused-ring (bicyclic) bond motifs is 1. The molecule has 0 bridgehead atoms. The van der Waals surface area contributed by atoms with Crippen LogP contribution in [0.5, 0.6) is 0 Å². The van der Waals surface area contributed by atoms with Gasteiger partial charge in [-0.25, -0.2) is 8.42 Å². The zero-order chi connectivity index (χ0) is 14.0. The van der Waals surface area contributed by atoms with E-state index in [9.17, 15) is 13.2 Å². The molecule has 0 amide bonds. The molecular weight excluding hydrogens is 266 g/mol. The molecule has 0 saturated heterocycles. The van der Waals surface area contributed by atoms with E-state index in [2.05, 4.69) is 4.72 Å². The lowest BCUT2D eigenvalue weighted by Gasteiger charge is -2.13. The van der Waals surface area contributed by atoms with Crippen molar-refractivity contribution in [2.45, 2.75) is 12.2 Å². The quantitative estimate of drug-likeness (QED) is 0.897. The van der Waals surface area contributed by atoms with Crippen LogP contribution in [0, 0.1) is 0 Å². The third-order valence-corrected chi connectivity index (χ3v) is 4.49. The summed E-state index contributed by atoms with van der Waals surface area (Å²) in [6, 6.07) is 12.4. The van der Waals surface area contributed by atoms with Crippen molar-refractivity contribution >= 4 is 32.5 Å². The van der Waals surface area contributed by atoms with Gasteiger partial charge in [-0.3, -0.25) is 9.52 Å². The molecule has 1 atom stereocenters. The fourth-order valence-electron chi connectivity index (χ4n) is 1.69. The van der Waals surface area contributed by atoms with E-state index in [0.29, 0.717) is 5.69 Å². The molecule has 0 heterocycles. The van der Waals surface area contributed by atoms with Crippen molar-refractivity contribution in [3.8, 4) is 0 Å². The normalized spacial score (nSPS) is 13.1. The van der Waals surface area contributed by atoms with Gasteiger partial charge in [-0.05, 0) is 18.4 Å². The Hall–Kier alpha value is -2.08. The Morgan fingerprint density at radius 1 is 1.16 bits per heavy atom. The predicted molar refractivity (Wildman–Crippen MR) is 73.6 cm³/mol. The maximum atomic E-state index is 11.9. The van der Waals surface area contributed by atoms with Gasteiger partial charge in [-0.2, -0.15) is 0 Å². The minimum Gasteiger partial charge on any atom is -0.480 e. The van der Waals surface area contributed by atoms with Crippen LogP contribution >= 0.6 is 0 Å². The first-order valence-electron chi connectivity index (χ1n) is 5.64. The van der Waals surface area contributed by atoms with E-state index in [4.69, 9.17) is 5.11 Å². The van der Waals surface area contributed by atoms with Gasteiger partial charge in [0.05, 0.1) is 5.69 Å². The lowest BCUT2D eigenvalue weighted by molar-refractivity contribution is -0.136. The smallest absolute Gasteiger partial charge is 0.323 e. The van der Waals surface area contributed by atoms with E-state index in [1.54, 1.807) is 24.3 Å². The monoisotopic (exact) mass is 279 g/mol. The molecule has 0 saturated carbocycles. The molecule has 0 spiro atoms. The number of sulfonamides is 1. The zero-order valence-corrected chi connectivity index (χ0v) is 11.0. The number of nitrogens with one attached hydrogen (secondary N) is 1. The highest BCUT2D eigenvalue weighted by Gasteiger charge is 2.27. The van der Waals surface area contributed by atoms with Gasteiger partial charge in [0, 0.05) is 5.39 Å². The first kappa shape index (κ1) is 13.4. The van der Waals surface area contributed by atoms with Crippen molar-refractivity contribution in [1.82, 2.24) is 0 Å². The summed E-state index contributed by atoms with van der Waals surface area (Å²) in [5, 5.41) is 8.89. The Balaban J connectivity index is 2.45. The molecule has 2 aromatic rings. The molecule has 2 N–H and O–H groups in total. The topological polar surface area (TPSA) is 83.5 Å². The summed E-state index contributed by atoms with van der Waals surface area (Å²) in [6.45, 7) is 1.13. The van der Waals surface area contributed by atoms with Crippen LogP contribution in [-0.4, -0.2) is 24.7 Å². The third kappa shape index (κ3) is 2.68. The van der Waals surface area contributed by atoms with Crippen molar-refractivity contribution in [2.75, 3.05) is 4.72 Å². The first-order valence-corrected chi connectivity index (χ1v) is 7.18. The maximum absolute atomic E-state index is 11.9. The molecule has 0 radical (unpaired) electrons. The SMILES string of the molecule is CC(C(=O)O)S(=O)(=O)Nc1cccc2ccccc12. The number of hydrogen-bond acceptors (Lipinski definition) is 3. The van der Waals surface area contributed by atoms with Gasteiger partial charge < -0.3 is 5.11 Å². The number of carboxylic acids is 1. The Morgan fingerprint density at radius 3 is 2.47 bits per heavy atom. The van der Waals surface area contributed by atoms with Crippen molar-refractivity contribution < 1.29 is 18.3 Å². The molecule has 1 unspecified atom stereocenters. The summed E-state index contributed by atoms with van der Waals surface area (Å²) >= 11 is 0. The minimum atomic E-state index is -3.95. The van der Waals surface area contributed by atoms with E-state index < -0.39 is 21.2 Å². The average Bonchev–Trinajstić information content (AvgIpc) is 2.38. The Bertz CT molecular complexity index is 719. The van der Waals surface area contributed by atoms with Gasteiger partial charge in [0.2, 0.25) is 10.0 Å². The molecular formula is C13H13NO4S. The first-order chi connectivity index (χ1) is 8.92. The summed E-state index contributed by atoms with van der Waals surface area (Å²) in [5.41, 5.74) is 0.381. The van der Waals surface area contributed by atoms with Crippen molar-refractivity contribution in [3.63, 3.8) is 0 Å². The number of anilines is 1. The Labute approximate surface area is 110 Å². The Kier molecular flexibility index (Phi) is 3.44. The molecule has 100 valence electrons. The number of aliphatic carboxylic acids is 1. The van der Waals surface area contributed by atoms with Crippen molar-refractivity contribution in [3.05, 3.63) is 42.5 Å². The van der Waals surface area contributed by atoms with Crippen LogP contribution in [0.15, 0.2) is 42.5 Å². The predicted octanol–water partition coefficient (Wildman–Crippen LogP) is 2.05. The highest BCUT2D eigenvalue weighted by atomic mass is 32.2. The number of rotatable bonds is 4. The second-order valence-corrected chi connectivity index (χ2v) is 6.16. The van der Waals surface area contributed by atoms with E-state index >= 15 is 0 Å². The summed E-state index contributed by atoms with van der Waals surface area (Å²) in [7, 11) is -3.95. The molecule has 5 nitrogen and oxygen atoms in total. The molecule has 0 fully saturated rings. The molecule has 2 rings (SSSR count). The van der Waals surface area contributed by atoms with Crippen LogP contribution in [0.4, 0.5) is 5.69 Å². The van der Waals surface area contributed by atoms with E-state index in [1.165, 1.54) is 0 Å². The second-order valence-electron chi connectivity index (χ2n) is 4.15. The Morgan fingerprint density at radius 2 is 1.79 bits per heavy atom. The van der Waals surface area contributed by atoms with Gasteiger partial charge in [-0.15, -0.1) is 0 Å². The summed E-state index contributed by atoms with van der Waals surface area (Å²) in [4.78, 5) is 10.8. The highest BCUT2D eigenvalue weighted by molar-refractivity contribution is 7.94. The standard InChI is InChI=1S/C13H13NO4S/c1-9(13(15)16)19(17,18)14-12-8-4-6-10-5-2-3-7-11(10)12/h2-9,14H,1H3,(H,15,16). The average molecular weight is 279 g/mol. The van der Waals surface area contributed by atoms with Gasteiger partial charge >= 0.3 is 5.97 Å². The van der Waals surface area contributed by atoms with Crippen LogP contribution in [0.1, 0.15) is 6.92 Å². The van der Waals surface area contributed by atoms with Crippen LogP contribution in [0.25, 0.3) is 10.8 Å².